The molecule has 1 aliphatic heterocycles. The maximum Gasteiger partial charge on any atom is 0.161 e. The van der Waals surface area contributed by atoms with E-state index in [9.17, 15) is 5.11 Å². The number of aliphatic hydroxyl groups is 1. The maximum atomic E-state index is 10.2. The van der Waals surface area contributed by atoms with Crippen LogP contribution in [0, 0.1) is 0 Å². The number of aliphatic hydroxyl groups excluding tert-OH is 1. The van der Waals surface area contributed by atoms with Gasteiger partial charge in [-0.3, -0.25) is 4.90 Å². The summed E-state index contributed by atoms with van der Waals surface area (Å²) < 4.78 is 16.6. The Morgan fingerprint density at radius 3 is 2.68 bits per heavy atom. The Hall–Kier alpha value is -1.38. The number of morpholine rings is 1. The molecule has 0 bridgehead atoms. The molecule has 28 heavy (non-hydrogen) atoms. The number of rotatable bonds is 12. The lowest BCUT2D eigenvalue weighted by Crippen LogP contribution is -2.40. The second-order valence-corrected chi connectivity index (χ2v) is 7.61. The fraction of sp³-hybridized carbons (Fsp3) is 0.714. The highest BCUT2D eigenvalue weighted by molar-refractivity contribution is 5.43. The Bertz CT molecular complexity index is 565. The monoisotopic (exact) mass is 395 g/mol. The van der Waals surface area contributed by atoms with Crippen molar-refractivity contribution >= 4 is 0 Å². The van der Waals surface area contributed by atoms with E-state index in [-0.39, 0.29) is 6.61 Å². The summed E-state index contributed by atoms with van der Waals surface area (Å²) in [6.45, 7) is 11.4. The van der Waals surface area contributed by atoms with Crippen LogP contribution >= 0.6 is 0 Å². The molecule has 0 spiro atoms. The van der Waals surface area contributed by atoms with Crippen LogP contribution in [0.1, 0.15) is 19.4 Å². The van der Waals surface area contributed by atoms with E-state index in [2.05, 4.69) is 29.0 Å². The smallest absolute Gasteiger partial charge is 0.161 e. The number of nitrogens with zero attached hydrogens (tertiary/aromatic N) is 2. The molecule has 1 aromatic carbocycles. The van der Waals surface area contributed by atoms with Gasteiger partial charge in [-0.25, -0.2) is 0 Å². The van der Waals surface area contributed by atoms with E-state index >= 15 is 0 Å². The van der Waals surface area contributed by atoms with Crippen LogP contribution in [0.4, 0.5) is 0 Å². The van der Waals surface area contributed by atoms with Gasteiger partial charge in [-0.15, -0.1) is 0 Å². The van der Waals surface area contributed by atoms with Crippen LogP contribution in [0.15, 0.2) is 18.2 Å². The molecule has 7 nitrogen and oxygen atoms in total. The molecule has 1 atom stereocenters. The highest BCUT2D eigenvalue weighted by Gasteiger charge is 2.14. The van der Waals surface area contributed by atoms with Crippen molar-refractivity contribution < 1.29 is 19.3 Å². The van der Waals surface area contributed by atoms with Gasteiger partial charge in [-0.1, -0.05) is 6.07 Å². The Kier molecular flexibility index (Phi) is 10.0. The van der Waals surface area contributed by atoms with Crippen LogP contribution in [-0.2, 0) is 11.3 Å². The third-order valence-corrected chi connectivity index (χ3v) is 5.08. The van der Waals surface area contributed by atoms with E-state index in [1.54, 1.807) is 7.11 Å². The first-order chi connectivity index (χ1) is 13.5. The molecule has 0 aromatic heterocycles. The maximum absolute atomic E-state index is 10.2. The average Bonchev–Trinajstić information content (AvgIpc) is 2.70. The van der Waals surface area contributed by atoms with Gasteiger partial charge in [-0.05, 0) is 38.6 Å². The van der Waals surface area contributed by atoms with Crippen molar-refractivity contribution in [1.82, 2.24) is 15.1 Å². The molecule has 1 heterocycles. The topological polar surface area (TPSA) is 66.4 Å². The molecule has 1 fully saturated rings. The molecule has 1 saturated heterocycles. The summed E-state index contributed by atoms with van der Waals surface area (Å²) in [6, 6.07) is 6.33. The normalized spacial score (nSPS) is 16.5. The van der Waals surface area contributed by atoms with Gasteiger partial charge in [0, 0.05) is 45.3 Å². The van der Waals surface area contributed by atoms with Crippen molar-refractivity contribution in [2.24, 2.45) is 0 Å². The molecule has 1 unspecified atom stereocenters. The summed E-state index contributed by atoms with van der Waals surface area (Å²) >= 11 is 0. The molecule has 0 aliphatic carbocycles. The van der Waals surface area contributed by atoms with Crippen LogP contribution < -0.4 is 14.8 Å². The van der Waals surface area contributed by atoms with Crippen molar-refractivity contribution in [1.29, 1.82) is 0 Å². The largest absolute Gasteiger partial charge is 0.493 e. The molecular weight excluding hydrogens is 358 g/mol. The Morgan fingerprint density at radius 2 is 2.00 bits per heavy atom. The third-order valence-electron chi connectivity index (χ3n) is 5.08. The van der Waals surface area contributed by atoms with Gasteiger partial charge < -0.3 is 29.5 Å². The van der Waals surface area contributed by atoms with Gasteiger partial charge >= 0.3 is 0 Å². The van der Waals surface area contributed by atoms with Crippen molar-refractivity contribution in [3.8, 4) is 11.5 Å². The summed E-state index contributed by atoms with van der Waals surface area (Å²) in [5.74, 6) is 1.35. The fourth-order valence-electron chi connectivity index (χ4n) is 3.02. The molecule has 160 valence electrons. The van der Waals surface area contributed by atoms with Gasteiger partial charge in [-0.2, -0.15) is 0 Å². The minimum Gasteiger partial charge on any atom is -0.493 e. The fourth-order valence-corrected chi connectivity index (χ4v) is 3.02. The predicted molar refractivity (Wildman–Crippen MR) is 111 cm³/mol. The van der Waals surface area contributed by atoms with Crippen molar-refractivity contribution in [2.75, 3.05) is 66.7 Å². The predicted octanol–water partition coefficient (Wildman–Crippen LogP) is 1.20. The number of nitrogens with one attached hydrogen (secondary N) is 1. The number of ether oxygens (including phenoxy) is 3. The van der Waals surface area contributed by atoms with Crippen LogP contribution in [0.5, 0.6) is 11.5 Å². The standard InChI is InChI=1S/C21H37N3O4/c1-17(2)23(3)15-19(25)16-28-21-13-18(5-6-20(21)26-4)14-22-7-8-24-9-11-27-12-10-24/h5-6,13,17,19,22,25H,7-12,14-16H2,1-4H3. The Labute approximate surface area is 169 Å². The third kappa shape index (κ3) is 7.93. The summed E-state index contributed by atoms with van der Waals surface area (Å²) in [5, 5.41) is 13.7. The van der Waals surface area contributed by atoms with Gasteiger partial charge in [0.2, 0.25) is 0 Å². The van der Waals surface area contributed by atoms with Gasteiger partial charge in [0.05, 0.1) is 20.3 Å². The summed E-state index contributed by atoms with van der Waals surface area (Å²) in [5.41, 5.74) is 1.13. The van der Waals surface area contributed by atoms with E-state index in [1.807, 2.05) is 25.2 Å². The first-order valence-corrected chi connectivity index (χ1v) is 10.2. The minimum absolute atomic E-state index is 0.237. The van der Waals surface area contributed by atoms with Crippen molar-refractivity contribution in [2.45, 2.75) is 32.5 Å². The zero-order chi connectivity index (χ0) is 20.4. The van der Waals surface area contributed by atoms with Gasteiger partial charge in [0.15, 0.2) is 11.5 Å². The second kappa shape index (κ2) is 12.2. The van der Waals surface area contributed by atoms with E-state index in [1.165, 1.54) is 0 Å². The van der Waals surface area contributed by atoms with Crippen molar-refractivity contribution in [3.05, 3.63) is 23.8 Å². The minimum atomic E-state index is -0.549. The second-order valence-electron chi connectivity index (χ2n) is 7.61. The lowest BCUT2D eigenvalue weighted by Gasteiger charge is -2.26. The molecule has 1 aromatic rings. The van der Waals surface area contributed by atoms with Crippen LogP contribution in [-0.4, -0.2) is 93.8 Å². The van der Waals surface area contributed by atoms with Crippen molar-refractivity contribution in [3.63, 3.8) is 0 Å². The number of benzene rings is 1. The van der Waals surface area contributed by atoms with E-state index in [4.69, 9.17) is 14.2 Å². The summed E-state index contributed by atoms with van der Waals surface area (Å²) in [4.78, 5) is 4.51. The molecule has 0 radical (unpaired) electrons. The first kappa shape index (κ1) is 22.9. The number of likely N-dealkylation sites (N-methyl/N-ethyl adjacent to an activating group) is 1. The SMILES string of the molecule is COc1ccc(CNCCN2CCOCC2)cc1OCC(O)CN(C)C(C)C. The summed E-state index contributed by atoms with van der Waals surface area (Å²) in [6.07, 6.45) is -0.549. The zero-order valence-electron chi connectivity index (χ0n) is 17.8. The van der Waals surface area contributed by atoms with Crippen LogP contribution in [0.2, 0.25) is 0 Å². The first-order valence-electron chi connectivity index (χ1n) is 10.2. The highest BCUT2D eigenvalue weighted by Crippen LogP contribution is 2.28. The van der Waals surface area contributed by atoms with Crippen LogP contribution in [0.25, 0.3) is 0 Å². The molecule has 7 heteroatoms. The van der Waals surface area contributed by atoms with Crippen LogP contribution in [0.3, 0.4) is 0 Å². The number of hydrogen-bond donors (Lipinski definition) is 2. The lowest BCUT2D eigenvalue weighted by atomic mass is 10.2. The van der Waals surface area contributed by atoms with E-state index in [0.29, 0.717) is 24.1 Å². The molecule has 0 amide bonds. The zero-order valence-corrected chi connectivity index (χ0v) is 17.8. The van der Waals surface area contributed by atoms with E-state index < -0.39 is 6.10 Å². The van der Waals surface area contributed by atoms with Gasteiger partial charge in [0.25, 0.3) is 0 Å². The molecule has 1 aliphatic rings. The Morgan fingerprint density at radius 1 is 1.25 bits per heavy atom. The summed E-state index contributed by atoms with van der Waals surface area (Å²) in [7, 11) is 3.63. The number of hydrogen-bond acceptors (Lipinski definition) is 7. The average molecular weight is 396 g/mol. The molecule has 0 saturated carbocycles. The highest BCUT2D eigenvalue weighted by atomic mass is 16.5. The molecule has 2 N–H and O–H groups in total. The Balaban J connectivity index is 1.79. The molecular formula is C21H37N3O4. The quantitative estimate of drug-likeness (QED) is 0.516. The number of methoxy groups -OCH3 is 1. The lowest BCUT2D eigenvalue weighted by molar-refractivity contribution is 0.0384. The van der Waals surface area contributed by atoms with E-state index in [0.717, 1.165) is 51.5 Å². The molecule has 2 rings (SSSR count). The van der Waals surface area contributed by atoms with Gasteiger partial charge in [0.1, 0.15) is 12.7 Å².